The van der Waals surface area contributed by atoms with Gasteiger partial charge in [0, 0.05) is 16.5 Å². The van der Waals surface area contributed by atoms with E-state index in [1.54, 1.807) is 0 Å². The number of aliphatic imine (C=N–C) groups is 1. The molecule has 0 spiro atoms. The summed E-state index contributed by atoms with van der Waals surface area (Å²) >= 11 is 0. The molecular weight excluding hydrogens is 234 g/mol. The summed E-state index contributed by atoms with van der Waals surface area (Å²) < 4.78 is 5.70. The monoisotopic (exact) mass is 251 g/mol. The second-order valence-corrected chi connectivity index (χ2v) is 4.40. The molecule has 0 unspecified atom stereocenters. The van der Waals surface area contributed by atoms with Crippen LogP contribution in [-0.2, 0) is 0 Å². The van der Waals surface area contributed by atoms with E-state index in [0.29, 0.717) is 6.61 Å². The molecule has 0 heterocycles. The zero-order valence-electron chi connectivity index (χ0n) is 11.5. The lowest BCUT2D eigenvalue weighted by Gasteiger charge is -2.08. The van der Waals surface area contributed by atoms with Gasteiger partial charge in [0.2, 0.25) is 0 Å². The van der Waals surface area contributed by atoms with E-state index in [-0.39, 0.29) is 0 Å². The highest BCUT2D eigenvalue weighted by molar-refractivity contribution is 5.98. The number of ether oxygens (including phenoxy) is 1. The predicted molar refractivity (Wildman–Crippen MR) is 81.3 cm³/mol. The Bertz CT molecular complexity index is 670. The molecule has 0 saturated carbocycles. The van der Waals surface area contributed by atoms with Gasteiger partial charge in [0.05, 0.1) is 5.69 Å². The van der Waals surface area contributed by atoms with Gasteiger partial charge in [0.25, 0.3) is 0 Å². The van der Waals surface area contributed by atoms with Gasteiger partial charge in [-0.15, -0.1) is 5.92 Å². The summed E-state index contributed by atoms with van der Waals surface area (Å²) in [5, 5.41) is 2.17. The molecule has 0 radical (unpaired) electrons. The lowest BCUT2D eigenvalue weighted by Crippen LogP contribution is -1.94. The maximum Gasteiger partial charge on any atom is 0.149 e. The van der Waals surface area contributed by atoms with Crippen molar-refractivity contribution >= 4 is 22.2 Å². The summed E-state index contributed by atoms with van der Waals surface area (Å²) in [7, 11) is 0. The van der Waals surface area contributed by atoms with Crippen LogP contribution in [0, 0.1) is 11.8 Å². The molecule has 0 aliphatic carbocycles. The standard InChI is InChI=1S/C17H17NO/c1-4-5-12-19-17-11-7-8-14-15(17)9-6-10-16(14)18-13(2)3/h6-11H,12H2,1-3H3. The Morgan fingerprint density at radius 3 is 2.58 bits per heavy atom. The zero-order chi connectivity index (χ0) is 13.7. The van der Waals surface area contributed by atoms with E-state index in [4.69, 9.17) is 4.74 Å². The van der Waals surface area contributed by atoms with Crippen molar-refractivity contribution < 1.29 is 4.74 Å². The molecule has 2 heteroatoms. The van der Waals surface area contributed by atoms with E-state index >= 15 is 0 Å². The van der Waals surface area contributed by atoms with E-state index < -0.39 is 0 Å². The normalized spacial score (nSPS) is 9.63. The fourth-order valence-electron chi connectivity index (χ4n) is 1.91. The van der Waals surface area contributed by atoms with E-state index in [1.165, 1.54) is 0 Å². The molecule has 0 aromatic heterocycles. The van der Waals surface area contributed by atoms with Crippen LogP contribution in [-0.4, -0.2) is 12.3 Å². The Morgan fingerprint density at radius 2 is 1.84 bits per heavy atom. The average molecular weight is 251 g/mol. The van der Waals surface area contributed by atoms with Crippen molar-refractivity contribution in [1.82, 2.24) is 0 Å². The Kier molecular flexibility index (Phi) is 4.20. The quantitative estimate of drug-likeness (QED) is 0.587. The second kappa shape index (κ2) is 6.06. The van der Waals surface area contributed by atoms with Crippen molar-refractivity contribution in [3.63, 3.8) is 0 Å². The van der Waals surface area contributed by atoms with E-state index in [1.807, 2.05) is 51.1 Å². The number of nitrogens with zero attached hydrogens (tertiary/aromatic N) is 1. The Morgan fingerprint density at radius 1 is 1.11 bits per heavy atom. The van der Waals surface area contributed by atoms with Gasteiger partial charge in [-0.1, -0.05) is 30.2 Å². The summed E-state index contributed by atoms with van der Waals surface area (Å²) in [6, 6.07) is 12.1. The van der Waals surface area contributed by atoms with Crippen LogP contribution in [0.2, 0.25) is 0 Å². The molecule has 2 rings (SSSR count). The number of rotatable bonds is 3. The van der Waals surface area contributed by atoms with Crippen molar-refractivity contribution in [2.24, 2.45) is 4.99 Å². The number of hydrogen-bond donors (Lipinski definition) is 0. The minimum Gasteiger partial charge on any atom is -0.480 e. The third kappa shape index (κ3) is 3.14. The van der Waals surface area contributed by atoms with Crippen LogP contribution in [0.15, 0.2) is 41.4 Å². The van der Waals surface area contributed by atoms with Crippen molar-refractivity contribution in [1.29, 1.82) is 0 Å². The smallest absolute Gasteiger partial charge is 0.149 e. The fourth-order valence-corrected chi connectivity index (χ4v) is 1.91. The SMILES string of the molecule is CC#CCOc1cccc2c(N=C(C)C)cccc12. The van der Waals surface area contributed by atoms with Crippen molar-refractivity contribution in [3.8, 4) is 17.6 Å². The molecule has 0 saturated heterocycles. The molecule has 2 aromatic carbocycles. The van der Waals surface area contributed by atoms with Crippen LogP contribution in [0.3, 0.4) is 0 Å². The van der Waals surface area contributed by atoms with Gasteiger partial charge in [-0.25, -0.2) is 0 Å². The molecule has 0 atom stereocenters. The van der Waals surface area contributed by atoms with Crippen LogP contribution in [0.1, 0.15) is 20.8 Å². The van der Waals surface area contributed by atoms with Crippen LogP contribution in [0.5, 0.6) is 5.75 Å². The third-order valence-corrected chi connectivity index (χ3v) is 2.68. The lowest BCUT2D eigenvalue weighted by molar-refractivity contribution is 0.374. The highest BCUT2D eigenvalue weighted by Crippen LogP contribution is 2.32. The van der Waals surface area contributed by atoms with Gasteiger partial charge in [0.15, 0.2) is 0 Å². The molecule has 0 amide bonds. The van der Waals surface area contributed by atoms with Crippen molar-refractivity contribution in [3.05, 3.63) is 36.4 Å². The largest absolute Gasteiger partial charge is 0.480 e. The topological polar surface area (TPSA) is 21.6 Å². The minimum absolute atomic E-state index is 0.413. The van der Waals surface area contributed by atoms with E-state index in [2.05, 4.69) is 22.9 Å². The van der Waals surface area contributed by atoms with Crippen LogP contribution >= 0.6 is 0 Å². The predicted octanol–water partition coefficient (Wildman–Crippen LogP) is 4.35. The summed E-state index contributed by atoms with van der Waals surface area (Å²) in [6.45, 7) is 6.21. The second-order valence-electron chi connectivity index (χ2n) is 4.40. The summed E-state index contributed by atoms with van der Waals surface area (Å²) in [5.74, 6) is 6.59. The maximum absolute atomic E-state index is 5.70. The fraction of sp³-hybridized carbons (Fsp3) is 0.235. The van der Waals surface area contributed by atoms with E-state index in [9.17, 15) is 0 Å². The molecule has 0 aliphatic rings. The Hall–Kier alpha value is -2.27. The van der Waals surface area contributed by atoms with Gasteiger partial charge in [0.1, 0.15) is 12.4 Å². The minimum atomic E-state index is 0.413. The molecule has 2 nitrogen and oxygen atoms in total. The van der Waals surface area contributed by atoms with Crippen LogP contribution < -0.4 is 4.74 Å². The highest BCUT2D eigenvalue weighted by Gasteiger charge is 2.04. The van der Waals surface area contributed by atoms with Gasteiger partial charge in [-0.05, 0) is 32.9 Å². The Balaban J connectivity index is 2.50. The van der Waals surface area contributed by atoms with Crippen LogP contribution in [0.4, 0.5) is 5.69 Å². The first kappa shape index (κ1) is 13.2. The van der Waals surface area contributed by atoms with Crippen molar-refractivity contribution in [2.75, 3.05) is 6.61 Å². The molecule has 0 bridgehead atoms. The number of benzene rings is 2. The molecule has 96 valence electrons. The summed E-state index contributed by atoms with van der Waals surface area (Å²) in [6.07, 6.45) is 0. The molecule has 0 fully saturated rings. The maximum atomic E-state index is 5.70. The molecule has 19 heavy (non-hydrogen) atoms. The first-order valence-electron chi connectivity index (χ1n) is 6.28. The van der Waals surface area contributed by atoms with Gasteiger partial charge in [-0.2, -0.15) is 0 Å². The average Bonchev–Trinajstić information content (AvgIpc) is 2.39. The van der Waals surface area contributed by atoms with Crippen LogP contribution in [0.25, 0.3) is 10.8 Å². The summed E-state index contributed by atoms with van der Waals surface area (Å²) in [5.41, 5.74) is 2.01. The third-order valence-electron chi connectivity index (χ3n) is 2.68. The number of hydrogen-bond acceptors (Lipinski definition) is 2. The molecule has 0 N–H and O–H groups in total. The first-order valence-corrected chi connectivity index (χ1v) is 6.28. The van der Waals surface area contributed by atoms with Gasteiger partial charge in [-0.3, -0.25) is 4.99 Å². The lowest BCUT2D eigenvalue weighted by atomic mass is 10.1. The highest BCUT2D eigenvalue weighted by atomic mass is 16.5. The van der Waals surface area contributed by atoms with E-state index in [0.717, 1.165) is 27.9 Å². The number of fused-ring (bicyclic) bond motifs is 1. The first-order chi connectivity index (χ1) is 9.22. The van der Waals surface area contributed by atoms with Gasteiger partial charge < -0.3 is 4.74 Å². The molecule has 2 aromatic rings. The summed E-state index contributed by atoms with van der Waals surface area (Å²) in [4.78, 5) is 4.56. The zero-order valence-corrected chi connectivity index (χ0v) is 11.5. The van der Waals surface area contributed by atoms with Crippen molar-refractivity contribution in [2.45, 2.75) is 20.8 Å². The molecule has 0 aliphatic heterocycles. The Labute approximate surface area is 114 Å². The van der Waals surface area contributed by atoms with Gasteiger partial charge >= 0.3 is 0 Å². The molecular formula is C17H17NO.